The summed E-state index contributed by atoms with van der Waals surface area (Å²) in [6, 6.07) is 8.00. The molecule has 37 heavy (non-hydrogen) atoms. The Bertz CT molecular complexity index is 1510. The molecule has 1 saturated carbocycles. The van der Waals surface area contributed by atoms with Crippen LogP contribution in [0.3, 0.4) is 0 Å². The van der Waals surface area contributed by atoms with E-state index >= 15 is 0 Å². The first-order chi connectivity index (χ1) is 17.8. The number of methoxy groups -OCH3 is 1. The summed E-state index contributed by atoms with van der Waals surface area (Å²) in [7, 11) is 3.61. The molecular weight excluding hydrogens is 490 g/mol. The fraction of sp³-hybridized carbons (Fsp3) is 0.444. The second-order valence-corrected chi connectivity index (χ2v) is 11.1. The van der Waals surface area contributed by atoms with E-state index < -0.39 is 12.2 Å². The number of aryl methyl sites for hydroxylation is 1. The molecule has 9 nitrogen and oxygen atoms in total. The first-order valence-corrected chi connectivity index (χ1v) is 13.6. The van der Waals surface area contributed by atoms with Gasteiger partial charge in [0.1, 0.15) is 22.2 Å². The number of nitrogens with two attached hydrogens (primary N) is 1. The maximum absolute atomic E-state index is 13.6. The van der Waals surface area contributed by atoms with E-state index in [0.717, 1.165) is 35.9 Å². The van der Waals surface area contributed by atoms with Gasteiger partial charge in [0.2, 0.25) is 0 Å². The van der Waals surface area contributed by atoms with Gasteiger partial charge in [-0.1, -0.05) is 0 Å². The number of primary amides is 1. The van der Waals surface area contributed by atoms with E-state index in [9.17, 15) is 9.59 Å². The number of fused-ring (bicyclic) bond motifs is 2. The number of likely N-dealkylation sites (tertiary alicyclic amines) is 1. The van der Waals surface area contributed by atoms with Gasteiger partial charge in [-0.2, -0.15) is 0 Å². The van der Waals surface area contributed by atoms with E-state index in [4.69, 9.17) is 20.2 Å². The molecule has 10 heteroatoms. The van der Waals surface area contributed by atoms with Crippen molar-refractivity contribution in [2.75, 3.05) is 13.7 Å². The molecule has 2 amide bonds. The summed E-state index contributed by atoms with van der Waals surface area (Å²) >= 11 is 1.76. The van der Waals surface area contributed by atoms with Crippen LogP contribution in [0, 0.1) is 5.92 Å². The summed E-state index contributed by atoms with van der Waals surface area (Å²) in [5.41, 5.74) is 8.35. The van der Waals surface area contributed by atoms with Gasteiger partial charge in [-0.25, -0.2) is 9.78 Å². The maximum atomic E-state index is 13.6. The number of hydrogen-bond acceptors (Lipinski definition) is 6. The Morgan fingerprint density at radius 2 is 2.00 bits per heavy atom. The average Bonchev–Trinajstić information content (AvgIpc) is 3.32. The van der Waals surface area contributed by atoms with Crippen LogP contribution in [0.1, 0.15) is 43.0 Å². The van der Waals surface area contributed by atoms with Gasteiger partial charge in [-0.05, 0) is 68.2 Å². The third kappa shape index (κ3) is 4.22. The number of ether oxygens (including phenoxy) is 2. The van der Waals surface area contributed by atoms with Crippen molar-refractivity contribution in [3.8, 4) is 17.3 Å². The van der Waals surface area contributed by atoms with Crippen LogP contribution in [0.2, 0.25) is 0 Å². The van der Waals surface area contributed by atoms with Crippen molar-refractivity contribution in [2.45, 2.75) is 51.3 Å². The third-order valence-electron chi connectivity index (χ3n) is 7.65. The van der Waals surface area contributed by atoms with Gasteiger partial charge in [-0.3, -0.25) is 4.79 Å². The lowest BCUT2D eigenvalue weighted by Gasteiger charge is -2.37. The molecule has 2 N–H and O–H groups in total. The summed E-state index contributed by atoms with van der Waals surface area (Å²) in [6.07, 6.45) is 2.73. The van der Waals surface area contributed by atoms with Crippen LogP contribution in [0.5, 0.6) is 5.75 Å². The van der Waals surface area contributed by atoms with E-state index in [1.54, 1.807) is 29.4 Å². The molecule has 6 rings (SSSR count). The number of amides is 2. The van der Waals surface area contributed by atoms with Crippen LogP contribution in [-0.4, -0.2) is 56.8 Å². The molecule has 0 radical (unpaired) electrons. The largest absolute Gasteiger partial charge is 0.494 e. The standard InChI is InChI=1S/C27H31N5O4S/c1-15-4-7-19(36-27(28)34)14-31(15)25(33)18-10-20-23(22(12-18)35-3)30(2)24(29-20)21-11-17-8-9-37-26(17)32(21)13-16-5-6-16/h8-12,15-16,19H,4-7,13-14H2,1-3H3,(H2,28,34)/t15-,19-/m1/s1. The number of imidazole rings is 1. The Morgan fingerprint density at radius 3 is 2.73 bits per heavy atom. The number of carbonyl (C=O) groups excluding carboxylic acids is 2. The second kappa shape index (κ2) is 9.09. The van der Waals surface area contributed by atoms with Gasteiger partial charge in [0.05, 0.1) is 24.9 Å². The summed E-state index contributed by atoms with van der Waals surface area (Å²) in [5.74, 6) is 2.02. The molecule has 3 aromatic heterocycles. The maximum Gasteiger partial charge on any atom is 0.404 e. The molecular formula is C27H31N5O4S. The van der Waals surface area contributed by atoms with E-state index in [0.29, 0.717) is 29.8 Å². The zero-order chi connectivity index (χ0) is 25.8. The molecule has 194 valence electrons. The molecule has 1 aliphatic heterocycles. The van der Waals surface area contributed by atoms with Gasteiger partial charge in [0.15, 0.2) is 5.82 Å². The fourth-order valence-electron chi connectivity index (χ4n) is 5.50. The molecule has 1 saturated heterocycles. The highest BCUT2D eigenvalue weighted by Gasteiger charge is 2.32. The van der Waals surface area contributed by atoms with Crippen LogP contribution in [-0.2, 0) is 18.3 Å². The zero-order valence-corrected chi connectivity index (χ0v) is 22.1. The Hall–Kier alpha value is -3.53. The Balaban J connectivity index is 1.40. The van der Waals surface area contributed by atoms with Crippen molar-refractivity contribution >= 4 is 44.6 Å². The van der Waals surface area contributed by atoms with E-state index in [1.807, 2.05) is 20.0 Å². The number of carbonyl (C=O) groups is 2. The highest BCUT2D eigenvalue weighted by atomic mass is 32.1. The van der Waals surface area contributed by atoms with Crippen LogP contribution in [0.4, 0.5) is 4.79 Å². The Morgan fingerprint density at radius 1 is 1.19 bits per heavy atom. The summed E-state index contributed by atoms with van der Waals surface area (Å²) < 4.78 is 15.4. The van der Waals surface area contributed by atoms with Crippen molar-refractivity contribution in [3.63, 3.8) is 0 Å². The topological polar surface area (TPSA) is 105 Å². The Kier molecular flexibility index (Phi) is 5.86. The van der Waals surface area contributed by atoms with Crippen LogP contribution in [0.25, 0.3) is 32.8 Å². The second-order valence-electron chi connectivity index (χ2n) is 10.2. The van der Waals surface area contributed by atoms with E-state index in [2.05, 4.69) is 26.6 Å². The number of aromatic nitrogens is 3. The minimum absolute atomic E-state index is 0.0138. The van der Waals surface area contributed by atoms with Crippen molar-refractivity contribution in [1.29, 1.82) is 0 Å². The van der Waals surface area contributed by atoms with Gasteiger partial charge in [0.25, 0.3) is 5.91 Å². The predicted octanol–water partition coefficient (Wildman–Crippen LogP) is 4.76. The summed E-state index contributed by atoms with van der Waals surface area (Å²) in [4.78, 5) is 33.0. The minimum atomic E-state index is -0.817. The molecule has 1 aliphatic carbocycles. The molecule has 2 aliphatic rings. The number of rotatable bonds is 6. The van der Waals surface area contributed by atoms with Crippen LogP contribution >= 0.6 is 11.3 Å². The fourth-order valence-corrected chi connectivity index (χ4v) is 6.41. The predicted molar refractivity (Wildman–Crippen MR) is 143 cm³/mol. The van der Waals surface area contributed by atoms with Crippen molar-refractivity contribution in [2.24, 2.45) is 18.7 Å². The van der Waals surface area contributed by atoms with Gasteiger partial charge in [-0.15, -0.1) is 11.3 Å². The molecule has 2 fully saturated rings. The molecule has 0 spiro atoms. The van der Waals surface area contributed by atoms with Crippen molar-refractivity contribution in [1.82, 2.24) is 19.0 Å². The third-order valence-corrected chi connectivity index (χ3v) is 8.60. The first kappa shape index (κ1) is 23.8. The number of piperidine rings is 1. The SMILES string of the molecule is COc1cc(C(=O)N2C[C@H](OC(N)=O)CC[C@H]2C)cc2nc(-c3cc4ccsc4n3CC3CC3)n(C)c12. The number of nitrogens with zero attached hydrogens (tertiary/aromatic N) is 4. The minimum Gasteiger partial charge on any atom is -0.494 e. The van der Waals surface area contributed by atoms with Crippen LogP contribution in [0.15, 0.2) is 29.6 Å². The van der Waals surface area contributed by atoms with E-state index in [-0.39, 0.29) is 11.9 Å². The monoisotopic (exact) mass is 521 g/mol. The number of benzene rings is 1. The number of hydrogen-bond donors (Lipinski definition) is 1. The molecule has 2 atom stereocenters. The van der Waals surface area contributed by atoms with Crippen molar-refractivity contribution in [3.05, 3.63) is 35.2 Å². The summed E-state index contributed by atoms with van der Waals surface area (Å²) in [6.45, 7) is 3.31. The molecule has 1 aromatic carbocycles. The van der Waals surface area contributed by atoms with Crippen LogP contribution < -0.4 is 10.5 Å². The Labute approximate surface area is 218 Å². The lowest BCUT2D eigenvalue weighted by Crippen LogP contribution is -2.49. The zero-order valence-electron chi connectivity index (χ0n) is 21.3. The van der Waals surface area contributed by atoms with Crippen molar-refractivity contribution < 1.29 is 19.1 Å². The normalized spacial score (nSPS) is 20.0. The van der Waals surface area contributed by atoms with E-state index in [1.165, 1.54) is 23.1 Å². The van der Waals surface area contributed by atoms with Gasteiger partial charge < -0.3 is 29.2 Å². The summed E-state index contributed by atoms with van der Waals surface area (Å²) in [5, 5.41) is 3.36. The highest BCUT2D eigenvalue weighted by Crippen LogP contribution is 2.39. The molecule has 4 heterocycles. The lowest BCUT2D eigenvalue weighted by molar-refractivity contribution is 0.0220. The quantitative estimate of drug-likeness (QED) is 0.394. The number of thiophene rings is 1. The molecule has 0 bridgehead atoms. The lowest BCUT2D eigenvalue weighted by atomic mass is 9.99. The van der Waals surface area contributed by atoms with Gasteiger partial charge in [0, 0.05) is 30.6 Å². The molecule has 4 aromatic rings. The average molecular weight is 522 g/mol. The van der Waals surface area contributed by atoms with Gasteiger partial charge >= 0.3 is 6.09 Å². The first-order valence-electron chi connectivity index (χ1n) is 12.7. The highest BCUT2D eigenvalue weighted by molar-refractivity contribution is 7.16. The smallest absolute Gasteiger partial charge is 0.404 e. The molecule has 0 unspecified atom stereocenters.